The van der Waals surface area contributed by atoms with Crippen molar-refractivity contribution in [2.45, 2.75) is 6.54 Å². The van der Waals surface area contributed by atoms with Gasteiger partial charge in [0.25, 0.3) is 5.91 Å². The molecule has 0 aliphatic heterocycles. The van der Waals surface area contributed by atoms with Crippen LogP contribution in [-0.2, 0) is 16.6 Å². The van der Waals surface area contributed by atoms with E-state index < -0.39 is 15.9 Å². The number of sulfonamides is 1. The van der Waals surface area contributed by atoms with Gasteiger partial charge in [0.2, 0.25) is 10.0 Å². The third-order valence-electron chi connectivity index (χ3n) is 4.36. The second-order valence-corrected chi connectivity index (χ2v) is 9.04. The number of phenolic OH excluding ortho intramolecular Hbond substituents is 1. The lowest BCUT2D eigenvalue weighted by atomic mass is 10.2. The largest absolute Gasteiger partial charge is 0.507 e. The van der Waals surface area contributed by atoms with E-state index in [0.29, 0.717) is 21.8 Å². The van der Waals surface area contributed by atoms with Gasteiger partial charge in [0, 0.05) is 16.1 Å². The summed E-state index contributed by atoms with van der Waals surface area (Å²) in [7, 11) is -3.56. The molecule has 0 bridgehead atoms. The molecule has 31 heavy (non-hydrogen) atoms. The predicted octanol–water partition coefficient (Wildman–Crippen LogP) is 3.78. The maximum atomic E-state index is 12.3. The van der Waals surface area contributed by atoms with Crippen LogP contribution in [0.1, 0.15) is 21.5 Å². The fourth-order valence-electron chi connectivity index (χ4n) is 2.76. The Hall–Kier alpha value is -3.36. The number of amides is 1. The van der Waals surface area contributed by atoms with Crippen molar-refractivity contribution in [2.24, 2.45) is 5.10 Å². The van der Waals surface area contributed by atoms with E-state index in [1.165, 1.54) is 28.7 Å². The Morgan fingerprint density at radius 1 is 1.06 bits per heavy atom. The van der Waals surface area contributed by atoms with E-state index in [1.807, 2.05) is 0 Å². The molecule has 0 unspecified atom stereocenters. The highest BCUT2D eigenvalue weighted by molar-refractivity contribution is 7.92. The molecule has 0 spiro atoms. The number of carbonyl (C=O) groups excluding carboxylic acids is 1. The molecule has 0 aromatic heterocycles. The van der Waals surface area contributed by atoms with E-state index in [1.54, 1.807) is 54.6 Å². The lowest BCUT2D eigenvalue weighted by molar-refractivity contribution is 0.0955. The van der Waals surface area contributed by atoms with Crippen molar-refractivity contribution in [3.8, 4) is 5.75 Å². The van der Waals surface area contributed by atoms with Crippen molar-refractivity contribution in [1.82, 2.24) is 5.43 Å². The minimum absolute atomic E-state index is 0.0476. The zero-order valence-corrected chi connectivity index (χ0v) is 18.1. The second kappa shape index (κ2) is 9.63. The van der Waals surface area contributed by atoms with Crippen molar-refractivity contribution in [3.63, 3.8) is 0 Å². The van der Waals surface area contributed by atoms with Gasteiger partial charge in [0.05, 0.1) is 24.7 Å². The summed E-state index contributed by atoms with van der Waals surface area (Å²) >= 11 is 5.89. The number of carbonyl (C=O) groups is 1. The molecule has 0 atom stereocenters. The minimum Gasteiger partial charge on any atom is -0.507 e. The van der Waals surface area contributed by atoms with E-state index in [4.69, 9.17) is 11.6 Å². The Balaban J connectivity index is 1.72. The molecule has 7 nitrogen and oxygen atoms in total. The smallest absolute Gasteiger partial charge is 0.271 e. The molecule has 1 amide bonds. The molecule has 9 heteroatoms. The van der Waals surface area contributed by atoms with Crippen molar-refractivity contribution >= 4 is 39.4 Å². The molecule has 3 aromatic carbocycles. The van der Waals surface area contributed by atoms with Crippen LogP contribution in [0.15, 0.2) is 77.9 Å². The Labute approximate surface area is 185 Å². The third-order valence-corrected chi connectivity index (χ3v) is 5.76. The SMILES string of the molecule is CS(=O)(=O)N(Cc1ccc(Cl)cc1)c1ccc(C(=O)N/N=C\c2ccccc2O)cc1. The lowest BCUT2D eigenvalue weighted by Gasteiger charge is -2.22. The van der Waals surface area contributed by atoms with Crippen LogP contribution in [0.2, 0.25) is 5.02 Å². The molecule has 0 saturated carbocycles. The average molecular weight is 458 g/mol. The molecule has 160 valence electrons. The number of hydrogen-bond acceptors (Lipinski definition) is 5. The number of benzene rings is 3. The number of nitrogens with one attached hydrogen (secondary N) is 1. The number of rotatable bonds is 7. The van der Waals surface area contributed by atoms with Crippen LogP contribution < -0.4 is 9.73 Å². The first kappa shape index (κ1) is 22.3. The molecule has 0 heterocycles. The minimum atomic E-state index is -3.56. The Kier molecular flexibility index (Phi) is 6.94. The molecule has 0 fully saturated rings. The third kappa shape index (κ3) is 6.07. The van der Waals surface area contributed by atoms with E-state index in [2.05, 4.69) is 10.5 Å². The summed E-state index contributed by atoms with van der Waals surface area (Å²) in [5, 5.41) is 14.1. The highest BCUT2D eigenvalue weighted by Gasteiger charge is 2.18. The van der Waals surface area contributed by atoms with E-state index in [9.17, 15) is 18.3 Å². The maximum Gasteiger partial charge on any atom is 0.271 e. The normalized spacial score (nSPS) is 11.4. The molecular formula is C22H20ClN3O4S. The quantitative estimate of drug-likeness (QED) is 0.416. The van der Waals surface area contributed by atoms with Gasteiger partial charge in [-0.25, -0.2) is 13.8 Å². The number of hydrogen-bond donors (Lipinski definition) is 2. The van der Waals surface area contributed by atoms with Crippen LogP contribution in [0.25, 0.3) is 0 Å². The summed E-state index contributed by atoms with van der Waals surface area (Å²) in [6.45, 7) is 0.131. The standard InChI is InChI=1S/C22H20ClN3O4S/c1-31(29,30)26(15-16-6-10-19(23)11-7-16)20-12-8-17(9-13-20)22(28)25-24-14-18-4-2-3-5-21(18)27/h2-14,27H,15H2,1H3,(H,25,28)/b24-14-. The van der Waals surface area contributed by atoms with Gasteiger partial charge in [0.1, 0.15) is 5.75 Å². The summed E-state index contributed by atoms with van der Waals surface area (Å²) in [5.41, 5.74) is 4.34. The Morgan fingerprint density at radius 3 is 2.32 bits per heavy atom. The molecule has 3 aromatic rings. The maximum absolute atomic E-state index is 12.3. The van der Waals surface area contributed by atoms with Crippen LogP contribution in [0.4, 0.5) is 5.69 Å². The zero-order chi connectivity index (χ0) is 22.4. The first-order valence-corrected chi connectivity index (χ1v) is 11.4. The number of phenols is 1. The van der Waals surface area contributed by atoms with Crippen molar-refractivity contribution in [3.05, 3.63) is 94.5 Å². The number of halogens is 1. The topological polar surface area (TPSA) is 99.1 Å². The predicted molar refractivity (Wildman–Crippen MR) is 122 cm³/mol. The van der Waals surface area contributed by atoms with Gasteiger partial charge < -0.3 is 5.11 Å². The van der Waals surface area contributed by atoms with Gasteiger partial charge in [-0.1, -0.05) is 35.9 Å². The summed E-state index contributed by atoms with van der Waals surface area (Å²) < 4.78 is 25.9. The van der Waals surface area contributed by atoms with Gasteiger partial charge in [-0.3, -0.25) is 9.10 Å². The van der Waals surface area contributed by atoms with Crippen molar-refractivity contribution in [2.75, 3.05) is 10.6 Å². The average Bonchev–Trinajstić information content (AvgIpc) is 2.74. The van der Waals surface area contributed by atoms with Crippen molar-refractivity contribution < 1.29 is 18.3 Å². The number of para-hydroxylation sites is 1. The van der Waals surface area contributed by atoms with Crippen LogP contribution in [0, 0.1) is 0 Å². The molecule has 0 saturated heterocycles. The van der Waals surface area contributed by atoms with Crippen LogP contribution in [0.3, 0.4) is 0 Å². The number of anilines is 1. The number of aromatic hydroxyl groups is 1. The van der Waals surface area contributed by atoms with E-state index in [-0.39, 0.29) is 12.3 Å². The molecule has 0 radical (unpaired) electrons. The first-order chi connectivity index (χ1) is 14.7. The lowest BCUT2D eigenvalue weighted by Crippen LogP contribution is -2.29. The fraction of sp³-hybridized carbons (Fsp3) is 0.0909. The molecule has 2 N–H and O–H groups in total. The molecule has 0 aliphatic rings. The van der Waals surface area contributed by atoms with Gasteiger partial charge in [-0.05, 0) is 54.1 Å². The summed E-state index contributed by atoms with van der Waals surface area (Å²) in [5.74, 6) is -0.423. The molecular weight excluding hydrogens is 438 g/mol. The summed E-state index contributed by atoms with van der Waals surface area (Å²) in [4.78, 5) is 12.3. The highest BCUT2D eigenvalue weighted by atomic mass is 35.5. The number of hydrazone groups is 1. The Bertz CT molecular complexity index is 1190. The van der Waals surface area contributed by atoms with Gasteiger partial charge in [0.15, 0.2) is 0 Å². The van der Waals surface area contributed by atoms with Crippen LogP contribution in [-0.4, -0.2) is 31.9 Å². The second-order valence-electron chi connectivity index (χ2n) is 6.70. The van der Waals surface area contributed by atoms with Gasteiger partial charge in [-0.15, -0.1) is 0 Å². The van der Waals surface area contributed by atoms with Crippen molar-refractivity contribution in [1.29, 1.82) is 0 Å². The first-order valence-electron chi connectivity index (χ1n) is 9.17. The zero-order valence-electron chi connectivity index (χ0n) is 16.6. The summed E-state index contributed by atoms with van der Waals surface area (Å²) in [6, 6.07) is 19.6. The Morgan fingerprint density at radius 2 is 1.71 bits per heavy atom. The van der Waals surface area contributed by atoms with E-state index >= 15 is 0 Å². The molecule has 0 aliphatic carbocycles. The fourth-order valence-corrected chi connectivity index (χ4v) is 3.77. The van der Waals surface area contributed by atoms with Gasteiger partial charge >= 0.3 is 0 Å². The van der Waals surface area contributed by atoms with Crippen LogP contribution >= 0.6 is 11.6 Å². The summed E-state index contributed by atoms with van der Waals surface area (Å²) in [6.07, 6.45) is 2.45. The highest BCUT2D eigenvalue weighted by Crippen LogP contribution is 2.22. The molecule has 3 rings (SSSR count). The van der Waals surface area contributed by atoms with E-state index in [0.717, 1.165) is 11.8 Å². The monoisotopic (exact) mass is 457 g/mol. The van der Waals surface area contributed by atoms with Gasteiger partial charge in [-0.2, -0.15) is 5.10 Å². The van der Waals surface area contributed by atoms with Crippen LogP contribution in [0.5, 0.6) is 5.75 Å². The number of nitrogens with zero attached hydrogens (tertiary/aromatic N) is 2.